The van der Waals surface area contributed by atoms with Crippen molar-refractivity contribution >= 4 is 22.4 Å². The summed E-state index contributed by atoms with van der Waals surface area (Å²) in [7, 11) is 3.20. The third-order valence-electron chi connectivity index (χ3n) is 4.68. The number of ether oxygens (including phenoxy) is 2. The lowest BCUT2D eigenvalue weighted by molar-refractivity contribution is -0.115. The number of anilines is 1. The zero-order valence-electron chi connectivity index (χ0n) is 17.3. The van der Waals surface area contributed by atoms with Gasteiger partial charge < -0.3 is 19.2 Å². The van der Waals surface area contributed by atoms with Crippen molar-refractivity contribution in [2.45, 2.75) is 13.3 Å². The number of methoxy groups -OCH3 is 2. The van der Waals surface area contributed by atoms with E-state index in [1.165, 1.54) is 11.3 Å². The van der Waals surface area contributed by atoms with Crippen LogP contribution in [0.15, 0.2) is 58.3 Å². The number of hydrogen-bond acceptors (Lipinski definition) is 7. The summed E-state index contributed by atoms with van der Waals surface area (Å²) in [5.74, 6) is 2.26. The molecule has 8 heteroatoms. The van der Waals surface area contributed by atoms with E-state index in [2.05, 4.69) is 15.3 Å². The van der Waals surface area contributed by atoms with Gasteiger partial charge in [-0.05, 0) is 31.2 Å². The Bertz CT molecular complexity index is 1200. The normalized spacial score (nSPS) is 10.7. The minimum Gasteiger partial charge on any atom is -0.497 e. The molecule has 0 saturated carbocycles. The Morgan fingerprint density at radius 1 is 1.10 bits per heavy atom. The summed E-state index contributed by atoms with van der Waals surface area (Å²) in [5, 5.41) is 5.21. The second kappa shape index (κ2) is 9.01. The maximum absolute atomic E-state index is 12.6. The average molecular weight is 436 g/mol. The van der Waals surface area contributed by atoms with Gasteiger partial charge in [-0.2, -0.15) is 0 Å². The second-order valence-electron chi connectivity index (χ2n) is 6.72. The van der Waals surface area contributed by atoms with Gasteiger partial charge in [0, 0.05) is 22.6 Å². The fraction of sp³-hybridized carbons (Fsp3) is 0.174. The van der Waals surface area contributed by atoms with Crippen LogP contribution in [-0.2, 0) is 11.2 Å². The van der Waals surface area contributed by atoms with Gasteiger partial charge in [-0.1, -0.05) is 18.2 Å². The van der Waals surface area contributed by atoms with Crippen molar-refractivity contribution in [2.75, 3.05) is 19.5 Å². The molecule has 0 aliphatic carbocycles. The van der Waals surface area contributed by atoms with Gasteiger partial charge in [0.25, 0.3) is 0 Å². The highest BCUT2D eigenvalue weighted by Crippen LogP contribution is 2.35. The number of nitrogens with zero attached hydrogens (tertiary/aromatic N) is 2. The predicted molar refractivity (Wildman–Crippen MR) is 120 cm³/mol. The molecule has 7 nitrogen and oxygen atoms in total. The van der Waals surface area contributed by atoms with E-state index >= 15 is 0 Å². The monoisotopic (exact) mass is 435 g/mol. The maximum Gasteiger partial charge on any atom is 0.232 e. The third-order valence-corrected chi connectivity index (χ3v) is 5.43. The second-order valence-corrected chi connectivity index (χ2v) is 7.58. The smallest absolute Gasteiger partial charge is 0.232 e. The van der Waals surface area contributed by atoms with E-state index in [4.69, 9.17) is 13.9 Å². The first-order chi connectivity index (χ1) is 15.1. The maximum atomic E-state index is 12.6. The van der Waals surface area contributed by atoms with Crippen LogP contribution in [0.25, 0.3) is 22.7 Å². The number of rotatable bonds is 7. The first-order valence-corrected chi connectivity index (χ1v) is 10.4. The number of carbonyl (C=O) groups is 1. The zero-order chi connectivity index (χ0) is 21.8. The SMILES string of the molecule is COc1ccc(-c2csc(NC(=O)Cc3nc(-c4ccccc4)oc3C)n2)c(OC)c1. The van der Waals surface area contributed by atoms with E-state index in [1.54, 1.807) is 27.2 Å². The number of carbonyl (C=O) groups excluding carboxylic acids is 1. The zero-order valence-corrected chi connectivity index (χ0v) is 18.2. The molecular formula is C23H21N3O4S. The lowest BCUT2D eigenvalue weighted by Crippen LogP contribution is -2.15. The Morgan fingerprint density at radius 3 is 2.65 bits per heavy atom. The van der Waals surface area contributed by atoms with Gasteiger partial charge in [-0.15, -0.1) is 11.3 Å². The topological polar surface area (TPSA) is 86.5 Å². The van der Waals surface area contributed by atoms with Crippen LogP contribution in [0.4, 0.5) is 5.13 Å². The van der Waals surface area contributed by atoms with Crippen LogP contribution in [0.1, 0.15) is 11.5 Å². The highest BCUT2D eigenvalue weighted by atomic mass is 32.1. The summed E-state index contributed by atoms with van der Waals surface area (Å²) in [6.07, 6.45) is 0.100. The van der Waals surface area contributed by atoms with E-state index in [0.29, 0.717) is 39.7 Å². The molecule has 2 heterocycles. The molecule has 4 aromatic rings. The van der Waals surface area contributed by atoms with Gasteiger partial charge in [0.05, 0.1) is 32.0 Å². The molecule has 2 aromatic carbocycles. The summed E-state index contributed by atoms with van der Waals surface area (Å²) in [6.45, 7) is 1.81. The van der Waals surface area contributed by atoms with E-state index in [9.17, 15) is 4.79 Å². The lowest BCUT2D eigenvalue weighted by Gasteiger charge is -2.08. The van der Waals surface area contributed by atoms with Crippen LogP contribution in [0.5, 0.6) is 11.5 Å². The first-order valence-electron chi connectivity index (χ1n) is 9.57. The highest BCUT2D eigenvalue weighted by Gasteiger charge is 2.17. The fourth-order valence-electron chi connectivity index (χ4n) is 3.08. The van der Waals surface area contributed by atoms with Crippen LogP contribution in [0.2, 0.25) is 0 Å². The molecule has 0 aliphatic rings. The minimum absolute atomic E-state index is 0.100. The van der Waals surface area contributed by atoms with Crippen LogP contribution >= 0.6 is 11.3 Å². The molecule has 0 saturated heterocycles. The van der Waals surface area contributed by atoms with E-state index in [0.717, 1.165) is 11.1 Å². The predicted octanol–water partition coefficient (Wildman–Crippen LogP) is 4.97. The van der Waals surface area contributed by atoms with Crippen molar-refractivity contribution in [1.29, 1.82) is 0 Å². The largest absolute Gasteiger partial charge is 0.497 e. The summed E-state index contributed by atoms with van der Waals surface area (Å²) in [5.41, 5.74) is 3.00. The first kappa shape index (κ1) is 20.6. The molecule has 4 rings (SSSR count). The number of hydrogen-bond donors (Lipinski definition) is 1. The lowest BCUT2D eigenvalue weighted by atomic mass is 10.1. The van der Waals surface area contributed by atoms with Gasteiger partial charge in [0.2, 0.25) is 11.8 Å². The van der Waals surface area contributed by atoms with Gasteiger partial charge in [-0.3, -0.25) is 4.79 Å². The number of nitrogens with one attached hydrogen (secondary N) is 1. The van der Waals surface area contributed by atoms with Crippen molar-refractivity contribution in [3.05, 3.63) is 65.4 Å². The van der Waals surface area contributed by atoms with Crippen LogP contribution < -0.4 is 14.8 Å². The van der Waals surface area contributed by atoms with E-state index in [1.807, 2.05) is 47.8 Å². The van der Waals surface area contributed by atoms with E-state index < -0.39 is 0 Å². The van der Waals surface area contributed by atoms with E-state index in [-0.39, 0.29) is 12.3 Å². The number of aryl methyl sites for hydroxylation is 1. The molecule has 0 atom stereocenters. The van der Waals surface area contributed by atoms with Gasteiger partial charge in [-0.25, -0.2) is 9.97 Å². The Kier molecular flexibility index (Phi) is 5.99. The molecule has 0 bridgehead atoms. The molecule has 0 aliphatic heterocycles. The van der Waals surface area contributed by atoms with Crippen molar-refractivity contribution < 1.29 is 18.7 Å². The molecular weight excluding hydrogens is 414 g/mol. The summed E-state index contributed by atoms with van der Waals surface area (Å²) < 4.78 is 16.4. The van der Waals surface area contributed by atoms with Crippen LogP contribution in [0.3, 0.4) is 0 Å². The van der Waals surface area contributed by atoms with Gasteiger partial charge >= 0.3 is 0 Å². The molecule has 0 radical (unpaired) electrons. The number of thiazole rings is 1. The molecule has 1 N–H and O–H groups in total. The van der Waals surface area contributed by atoms with Gasteiger partial charge in [0.1, 0.15) is 17.3 Å². The summed E-state index contributed by atoms with van der Waals surface area (Å²) in [4.78, 5) is 21.6. The minimum atomic E-state index is -0.210. The van der Waals surface area contributed by atoms with Crippen LogP contribution in [0, 0.1) is 6.92 Å². The van der Waals surface area contributed by atoms with Crippen molar-refractivity contribution in [1.82, 2.24) is 9.97 Å². The fourth-order valence-corrected chi connectivity index (χ4v) is 3.80. The Balaban J connectivity index is 1.46. The van der Waals surface area contributed by atoms with Crippen molar-refractivity contribution in [2.24, 2.45) is 0 Å². The third kappa shape index (κ3) is 4.59. The van der Waals surface area contributed by atoms with Crippen LogP contribution in [-0.4, -0.2) is 30.1 Å². The number of benzene rings is 2. The molecule has 0 unspecified atom stereocenters. The Hall–Kier alpha value is -3.65. The Morgan fingerprint density at radius 2 is 1.90 bits per heavy atom. The van der Waals surface area contributed by atoms with Crippen molar-refractivity contribution in [3.8, 4) is 34.2 Å². The number of oxazole rings is 1. The molecule has 158 valence electrons. The quantitative estimate of drug-likeness (QED) is 0.441. The Labute approximate surface area is 183 Å². The molecule has 31 heavy (non-hydrogen) atoms. The molecule has 2 aromatic heterocycles. The molecule has 0 fully saturated rings. The number of amides is 1. The average Bonchev–Trinajstić information content (AvgIpc) is 3.40. The standard InChI is InChI=1S/C23H21N3O4S/c1-14-18(24-22(30-14)15-7-5-4-6-8-15)12-21(27)26-23-25-19(13-31-23)17-10-9-16(28-2)11-20(17)29-3/h4-11,13H,12H2,1-3H3,(H,25,26,27). The highest BCUT2D eigenvalue weighted by molar-refractivity contribution is 7.14. The van der Waals surface area contributed by atoms with Crippen molar-refractivity contribution in [3.63, 3.8) is 0 Å². The molecule has 0 spiro atoms. The number of aromatic nitrogens is 2. The van der Waals surface area contributed by atoms with Gasteiger partial charge in [0.15, 0.2) is 5.13 Å². The summed E-state index contributed by atoms with van der Waals surface area (Å²) >= 11 is 1.34. The summed E-state index contributed by atoms with van der Waals surface area (Å²) in [6, 6.07) is 15.1. The molecule has 1 amide bonds.